The maximum Gasteiger partial charge on any atom is 0.293 e. The molecular weight excluding hydrogens is 394 g/mol. The highest BCUT2D eigenvalue weighted by atomic mass is 16.2. The highest BCUT2D eigenvalue weighted by molar-refractivity contribution is 5.88. The molecule has 1 aromatic carbocycles. The molecule has 0 aliphatic carbocycles. The van der Waals surface area contributed by atoms with E-state index in [9.17, 15) is 14.4 Å². The Hall–Kier alpha value is -2.90. The van der Waals surface area contributed by atoms with Gasteiger partial charge in [-0.15, -0.1) is 0 Å². The maximum atomic E-state index is 12.8. The molecule has 0 radical (unpaired) electrons. The van der Waals surface area contributed by atoms with Crippen molar-refractivity contribution in [1.29, 1.82) is 0 Å². The monoisotopic (exact) mass is 425 g/mol. The lowest BCUT2D eigenvalue weighted by Crippen LogP contribution is -2.51. The van der Waals surface area contributed by atoms with Crippen molar-refractivity contribution in [2.45, 2.75) is 45.1 Å². The number of anilines is 1. The van der Waals surface area contributed by atoms with Gasteiger partial charge in [-0.1, -0.05) is 12.1 Å². The van der Waals surface area contributed by atoms with Gasteiger partial charge in [0.05, 0.1) is 11.0 Å². The second-order valence-corrected chi connectivity index (χ2v) is 8.67. The van der Waals surface area contributed by atoms with E-state index >= 15 is 0 Å². The smallest absolute Gasteiger partial charge is 0.293 e. The van der Waals surface area contributed by atoms with Crippen LogP contribution in [0, 0.1) is 5.92 Å². The van der Waals surface area contributed by atoms with Crippen LogP contribution in [0.4, 0.5) is 5.82 Å². The molecule has 2 saturated heterocycles. The van der Waals surface area contributed by atoms with Crippen LogP contribution in [0.25, 0.3) is 11.0 Å². The number of para-hydroxylation sites is 2. The SMILES string of the molecule is CC(NC(=O)C1CCN(c2nc3ccccc3n(C)c2=O)CC1)C(=O)N1CCCCC1. The summed E-state index contributed by atoms with van der Waals surface area (Å²) in [6.45, 7) is 4.52. The fourth-order valence-electron chi connectivity index (χ4n) is 4.60. The van der Waals surface area contributed by atoms with Gasteiger partial charge in [-0.2, -0.15) is 0 Å². The lowest BCUT2D eigenvalue weighted by Gasteiger charge is -2.33. The molecule has 1 unspecified atom stereocenters. The first-order chi connectivity index (χ1) is 15.0. The number of hydrogen-bond donors (Lipinski definition) is 1. The third kappa shape index (κ3) is 4.43. The minimum atomic E-state index is -0.502. The largest absolute Gasteiger partial charge is 0.352 e. The number of piperidine rings is 2. The van der Waals surface area contributed by atoms with Gasteiger partial charge in [-0.3, -0.25) is 14.4 Å². The number of carbonyl (C=O) groups excluding carboxylic acids is 2. The molecule has 0 spiro atoms. The van der Waals surface area contributed by atoms with Gasteiger partial charge in [0.2, 0.25) is 11.8 Å². The lowest BCUT2D eigenvalue weighted by molar-refractivity contribution is -0.137. The Morgan fingerprint density at radius 2 is 1.74 bits per heavy atom. The molecule has 8 heteroatoms. The van der Waals surface area contributed by atoms with Crippen molar-refractivity contribution in [3.63, 3.8) is 0 Å². The van der Waals surface area contributed by atoms with Crippen molar-refractivity contribution in [1.82, 2.24) is 19.8 Å². The fraction of sp³-hybridized carbons (Fsp3) is 0.565. The van der Waals surface area contributed by atoms with Crippen LogP contribution in [0.5, 0.6) is 0 Å². The minimum Gasteiger partial charge on any atom is -0.352 e. The summed E-state index contributed by atoms with van der Waals surface area (Å²) >= 11 is 0. The molecule has 4 rings (SSSR count). The van der Waals surface area contributed by atoms with Crippen LogP contribution < -0.4 is 15.8 Å². The van der Waals surface area contributed by atoms with Crippen molar-refractivity contribution in [3.8, 4) is 0 Å². The molecule has 2 aromatic rings. The summed E-state index contributed by atoms with van der Waals surface area (Å²) in [4.78, 5) is 46.6. The van der Waals surface area contributed by atoms with Gasteiger partial charge in [0, 0.05) is 39.1 Å². The van der Waals surface area contributed by atoms with Crippen LogP contribution in [0.3, 0.4) is 0 Å². The van der Waals surface area contributed by atoms with Gasteiger partial charge < -0.3 is 19.7 Å². The molecule has 2 amide bonds. The zero-order chi connectivity index (χ0) is 22.0. The first kappa shape index (κ1) is 21.3. The predicted octanol–water partition coefficient (Wildman–Crippen LogP) is 1.67. The Kier molecular flexibility index (Phi) is 6.25. The molecule has 166 valence electrons. The third-order valence-electron chi connectivity index (χ3n) is 6.53. The molecule has 1 aromatic heterocycles. The fourth-order valence-corrected chi connectivity index (χ4v) is 4.60. The molecule has 2 aliphatic heterocycles. The summed E-state index contributed by atoms with van der Waals surface area (Å²) in [7, 11) is 1.76. The van der Waals surface area contributed by atoms with E-state index in [-0.39, 0.29) is 23.3 Å². The highest BCUT2D eigenvalue weighted by Gasteiger charge is 2.30. The van der Waals surface area contributed by atoms with Gasteiger partial charge in [-0.05, 0) is 51.2 Å². The number of benzene rings is 1. The molecule has 0 bridgehead atoms. The molecule has 3 heterocycles. The summed E-state index contributed by atoms with van der Waals surface area (Å²) in [6.07, 6.45) is 4.50. The van der Waals surface area contributed by atoms with Crippen LogP contribution in [0.2, 0.25) is 0 Å². The number of hydrogen-bond acceptors (Lipinski definition) is 5. The molecular formula is C23H31N5O3. The number of amides is 2. The van der Waals surface area contributed by atoms with E-state index in [0.717, 1.165) is 43.4 Å². The van der Waals surface area contributed by atoms with E-state index in [4.69, 9.17) is 0 Å². The number of aromatic nitrogens is 2. The lowest BCUT2D eigenvalue weighted by atomic mass is 9.95. The van der Waals surface area contributed by atoms with E-state index in [1.54, 1.807) is 18.5 Å². The van der Waals surface area contributed by atoms with Crippen molar-refractivity contribution < 1.29 is 9.59 Å². The molecule has 2 fully saturated rings. The van der Waals surface area contributed by atoms with Crippen molar-refractivity contribution in [2.75, 3.05) is 31.1 Å². The Bertz CT molecular complexity index is 1020. The summed E-state index contributed by atoms with van der Waals surface area (Å²) in [5.74, 6) is 0.220. The van der Waals surface area contributed by atoms with Crippen LogP contribution >= 0.6 is 0 Å². The highest BCUT2D eigenvalue weighted by Crippen LogP contribution is 2.22. The number of fused-ring (bicyclic) bond motifs is 1. The Morgan fingerprint density at radius 1 is 1.06 bits per heavy atom. The van der Waals surface area contributed by atoms with E-state index in [1.165, 1.54) is 0 Å². The van der Waals surface area contributed by atoms with Gasteiger partial charge in [0.25, 0.3) is 5.56 Å². The standard InChI is InChI=1S/C23H31N5O3/c1-16(22(30)28-12-6-3-7-13-28)24-21(29)17-10-14-27(15-11-17)20-23(31)26(2)19-9-5-4-8-18(19)25-20/h4-5,8-9,16-17H,3,6-7,10-15H2,1-2H3,(H,24,29). The second kappa shape index (κ2) is 9.08. The second-order valence-electron chi connectivity index (χ2n) is 8.67. The average Bonchev–Trinajstić information content (AvgIpc) is 2.81. The van der Waals surface area contributed by atoms with Gasteiger partial charge in [0.15, 0.2) is 5.82 Å². The van der Waals surface area contributed by atoms with E-state index < -0.39 is 6.04 Å². The number of rotatable bonds is 4. The van der Waals surface area contributed by atoms with Crippen molar-refractivity contribution in [3.05, 3.63) is 34.6 Å². The molecule has 8 nitrogen and oxygen atoms in total. The quantitative estimate of drug-likeness (QED) is 0.805. The van der Waals surface area contributed by atoms with E-state index in [0.29, 0.717) is 31.7 Å². The number of likely N-dealkylation sites (tertiary alicyclic amines) is 1. The van der Waals surface area contributed by atoms with Gasteiger partial charge in [-0.25, -0.2) is 4.98 Å². The first-order valence-corrected chi connectivity index (χ1v) is 11.3. The normalized spacial score (nSPS) is 18.8. The first-order valence-electron chi connectivity index (χ1n) is 11.3. The topological polar surface area (TPSA) is 87.5 Å². The van der Waals surface area contributed by atoms with Crippen molar-refractivity contribution >= 4 is 28.7 Å². The van der Waals surface area contributed by atoms with Gasteiger partial charge in [0.1, 0.15) is 6.04 Å². The molecule has 1 N–H and O–H groups in total. The number of nitrogens with zero attached hydrogens (tertiary/aromatic N) is 4. The maximum absolute atomic E-state index is 12.8. The molecule has 0 saturated carbocycles. The Morgan fingerprint density at radius 3 is 2.45 bits per heavy atom. The third-order valence-corrected chi connectivity index (χ3v) is 6.53. The van der Waals surface area contributed by atoms with E-state index in [2.05, 4.69) is 10.3 Å². The van der Waals surface area contributed by atoms with Crippen LogP contribution in [0.1, 0.15) is 39.0 Å². The minimum absolute atomic E-state index is 0.00865. The van der Waals surface area contributed by atoms with E-state index in [1.807, 2.05) is 34.1 Å². The van der Waals surface area contributed by atoms with Crippen LogP contribution in [-0.2, 0) is 16.6 Å². The van der Waals surface area contributed by atoms with Crippen LogP contribution in [0.15, 0.2) is 29.1 Å². The molecule has 31 heavy (non-hydrogen) atoms. The average molecular weight is 426 g/mol. The predicted molar refractivity (Wildman–Crippen MR) is 120 cm³/mol. The zero-order valence-corrected chi connectivity index (χ0v) is 18.3. The van der Waals surface area contributed by atoms with Crippen LogP contribution in [-0.4, -0.2) is 58.5 Å². The summed E-state index contributed by atoms with van der Waals surface area (Å²) in [5.41, 5.74) is 1.46. The summed E-state index contributed by atoms with van der Waals surface area (Å²) < 4.78 is 1.63. The number of aryl methyl sites for hydroxylation is 1. The summed E-state index contributed by atoms with van der Waals surface area (Å²) in [5, 5.41) is 2.92. The zero-order valence-electron chi connectivity index (χ0n) is 18.3. The number of carbonyl (C=O) groups is 2. The van der Waals surface area contributed by atoms with Crippen molar-refractivity contribution in [2.24, 2.45) is 13.0 Å². The Balaban J connectivity index is 1.37. The summed E-state index contributed by atoms with van der Waals surface area (Å²) in [6, 6.07) is 7.09. The number of nitrogens with one attached hydrogen (secondary N) is 1. The van der Waals surface area contributed by atoms with Gasteiger partial charge >= 0.3 is 0 Å². The molecule has 2 aliphatic rings. The molecule has 1 atom stereocenters. The Labute approximate surface area is 182 Å².